The third-order valence-corrected chi connectivity index (χ3v) is 9.70. The molecule has 0 aromatic heterocycles. The van der Waals surface area contributed by atoms with E-state index in [-0.39, 0.29) is 50.0 Å². The van der Waals surface area contributed by atoms with E-state index in [9.17, 15) is 31.2 Å². The molecular weight excluding hydrogens is 639 g/mol. The molecule has 0 heterocycles. The first kappa shape index (κ1) is 35.3. The minimum atomic E-state index is -4.65. The first-order valence-corrected chi connectivity index (χ1v) is 17.6. The highest BCUT2D eigenvalue weighted by molar-refractivity contribution is 7.92. The fraction of sp³-hybridized carbons (Fsp3) is 0.412. The summed E-state index contributed by atoms with van der Waals surface area (Å²) in [5.74, 6) is -0.685. The smallest absolute Gasteiger partial charge is 0.352 e. The zero-order chi connectivity index (χ0) is 33.3. The maximum Gasteiger partial charge on any atom is 0.416 e. The zero-order valence-electron chi connectivity index (χ0n) is 25.7. The van der Waals surface area contributed by atoms with E-state index in [0.29, 0.717) is 10.6 Å². The molecule has 0 spiro atoms. The first-order chi connectivity index (χ1) is 21.8. The van der Waals surface area contributed by atoms with Gasteiger partial charge in [-0.25, -0.2) is 8.42 Å². The fourth-order valence-electron chi connectivity index (χ4n) is 5.75. The lowest BCUT2D eigenvalue weighted by atomic mass is 9.94. The molecule has 1 fully saturated rings. The third kappa shape index (κ3) is 9.96. The number of nitrogens with zero attached hydrogens (tertiary/aromatic N) is 2. The maximum absolute atomic E-state index is 14.0. The van der Waals surface area contributed by atoms with E-state index < -0.39 is 33.7 Å². The number of hydrogen-bond acceptors (Lipinski definition) is 4. The van der Waals surface area contributed by atoms with Crippen LogP contribution in [0.1, 0.15) is 61.6 Å². The van der Waals surface area contributed by atoms with Crippen LogP contribution in [0.5, 0.6) is 0 Å². The molecule has 0 unspecified atom stereocenters. The Hall–Kier alpha value is -3.57. The second-order valence-electron chi connectivity index (χ2n) is 11.6. The second kappa shape index (κ2) is 15.8. The topological polar surface area (TPSA) is 86.8 Å². The molecule has 7 nitrogen and oxygen atoms in total. The largest absolute Gasteiger partial charge is 0.416 e. The molecule has 2 amide bonds. The van der Waals surface area contributed by atoms with Crippen molar-refractivity contribution in [1.29, 1.82) is 0 Å². The minimum absolute atomic E-state index is 0.00344. The lowest BCUT2D eigenvalue weighted by Crippen LogP contribution is -2.53. The molecule has 1 saturated carbocycles. The fourth-order valence-corrected chi connectivity index (χ4v) is 6.90. The molecule has 0 saturated heterocycles. The van der Waals surface area contributed by atoms with Gasteiger partial charge in [-0.05, 0) is 54.7 Å². The molecule has 248 valence electrons. The van der Waals surface area contributed by atoms with Crippen LogP contribution in [0.4, 0.5) is 18.9 Å². The van der Waals surface area contributed by atoms with Crippen molar-refractivity contribution >= 4 is 39.1 Å². The van der Waals surface area contributed by atoms with E-state index in [4.69, 9.17) is 11.6 Å². The van der Waals surface area contributed by atoms with Gasteiger partial charge in [-0.15, -0.1) is 0 Å². The molecule has 3 aromatic carbocycles. The molecule has 0 bridgehead atoms. The summed E-state index contributed by atoms with van der Waals surface area (Å²) in [4.78, 5) is 29.4. The van der Waals surface area contributed by atoms with Crippen molar-refractivity contribution in [2.24, 2.45) is 0 Å². The van der Waals surface area contributed by atoms with Crippen LogP contribution in [0, 0.1) is 0 Å². The second-order valence-corrected chi connectivity index (χ2v) is 14.0. The van der Waals surface area contributed by atoms with Crippen LogP contribution in [0.2, 0.25) is 5.02 Å². The molecule has 1 atom stereocenters. The molecule has 3 aromatic rings. The predicted octanol–water partition coefficient (Wildman–Crippen LogP) is 6.99. The highest BCUT2D eigenvalue weighted by Gasteiger charge is 2.33. The van der Waals surface area contributed by atoms with Crippen molar-refractivity contribution in [3.8, 4) is 0 Å². The number of nitrogens with one attached hydrogen (secondary N) is 1. The molecule has 1 N–H and O–H groups in total. The molecule has 1 aliphatic rings. The van der Waals surface area contributed by atoms with E-state index >= 15 is 0 Å². The van der Waals surface area contributed by atoms with E-state index in [1.54, 1.807) is 24.3 Å². The molecule has 12 heteroatoms. The summed E-state index contributed by atoms with van der Waals surface area (Å²) in [6.45, 7) is -0.194. The van der Waals surface area contributed by atoms with Gasteiger partial charge in [0.2, 0.25) is 21.8 Å². The van der Waals surface area contributed by atoms with Gasteiger partial charge >= 0.3 is 6.18 Å². The van der Waals surface area contributed by atoms with Crippen LogP contribution in [0.15, 0.2) is 78.9 Å². The summed E-state index contributed by atoms with van der Waals surface area (Å²) in [6.07, 6.45) is 1.21. The van der Waals surface area contributed by atoms with Crippen molar-refractivity contribution in [3.05, 3.63) is 101 Å². The highest BCUT2D eigenvalue weighted by atomic mass is 35.5. The van der Waals surface area contributed by atoms with Gasteiger partial charge in [0.25, 0.3) is 0 Å². The quantitative estimate of drug-likeness (QED) is 0.211. The van der Waals surface area contributed by atoms with Gasteiger partial charge in [-0.2, -0.15) is 13.2 Å². The van der Waals surface area contributed by atoms with Crippen molar-refractivity contribution in [1.82, 2.24) is 10.2 Å². The summed E-state index contributed by atoms with van der Waals surface area (Å²) in [7, 11) is -3.98. The van der Waals surface area contributed by atoms with Gasteiger partial charge in [0.15, 0.2) is 0 Å². The summed E-state index contributed by atoms with van der Waals surface area (Å²) in [5, 5.41) is 3.59. The maximum atomic E-state index is 14.0. The molecule has 0 radical (unpaired) electrons. The lowest BCUT2D eigenvalue weighted by molar-refractivity contribution is -0.141. The van der Waals surface area contributed by atoms with Crippen LogP contribution in [0.25, 0.3) is 0 Å². The SMILES string of the molecule is CS(=O)(=O)N(CCCC(=O)N(Cc1ccccc1Cl)[C@@H](Cc1ccccc1)C(=O)NC1CCCCC1)c1cccc(C(F)(F)F)c1. The van der Waals surface area contributed by atoms with Gasteiger partial charge in [-0.3, -0.25) is 13.9 Å². The number of carbonyl (C=O) groups is 2. The van der Waals surface area contributed by atoms with Crippen LogP contribution >= 0.6 is 11.6 Å². The number of amides is 2. The van der Waals surface area contributed by atoms with Gasteiger partial charge in [0.1, 0.15) is 6.04 Å². The summed E-state index contributed by atoms with van der Waals surface area (Å²) < 4.78 is 66.3. The van der Waals surface area contributed by atoms with E-state index in [2.05, 4.69) is 5.32 Å². The molecular formula is C34H39ClF3N3O4S. The Morgan fingerprint density at radius 3 is 2.28 bits per heavy atom. The normalized spacial score (nSPS) is 14.8. The van der Waals surface area contributed by atoms with Gasteiger partial charge in [0.05, 0.1) is 17.5 Å². The number of sulfonamides is 1. The number of carbonyl (C=O) groups excluding carboxylic acids is 2. The average Bonchev–Trinajstić information content (AvgIpc) is 3.01. The predicted molar refractivity (Wildman–Crippen MR) is 174 cm³/mol. The Bertz CT molecular complexity index is 1580. The highest BCUT2D eigenvalue weighted by Crippen LogP contribution is 2.32. The number of rotatable bonds is 13. The summed E-state index contributed by atoms with van der Waals surface area (Å²) in [5.41, 5.74) is 0.374. The number of anilines is 1. The van der Waals surface area contributed by atoms with Crippen LogP contribution in [-0.4, -0.2) is 50.0 Å². The molecule has 46 heavy (non-hydrogen) atoms. The Morgan fingerprint density at radius 2 is 1.63 bits per heavy atom. The standard InChI is InChI=1S/C34H39ClF3N3O4S/c1-46(44,45)41(29-18-10-15-27(23-29)34(36,37)38)21-11-20-32(42)40(24-26-14-8-9-19-30(26)35)31(22-25-12-4-2-5-13-25)33(43)39-28-16-6-3-7-17-28/h2,4-5,8-10,12-15,18-19,23,28,31H,3,6-7,11,16-17,20-22,24H2,1H3,(H,39,43)/t31-/m0/s1. The first-order valence-electron chi connectivity index (χ1n) is 15.3. The van der Waals surface area contributed by atoms with Crippen molar-refractivity contribution < 1.29 is 31.2 Å². The van der Waals surface area contributed by atoms with Crippen molar-refractivity contribution in [2.45, 2.75) is 76.2 Å². The Morgan fingerprint density at radius 1 is 0.957 bits per heavy atom. The average molecular weight is 678 g/mol. The number of halogens is 4. The van der Waals surface area contributed by atoms with Gasteiger partial charge in [0, 0.05) is 37.0 Å². The van der Waals surface area contributed by atoms with E-state index in [0.717, 1.165) is 66.4 Å². The number of alkyl halides is 3. The third-order valence-electron chi connectivity index (χ3n) is 8.13. The Kier molecular flexibility index (Phi) is 12.1. The monoisotopic (exact) mass is 677 g/mol. The van der Waals surface area contributed by atoms with Crippen molar-refractivity contribution in [3.63, 3.8) is 0 Å². The number of hydrogen-bond donors (Lipinski definition) is 1. The molecule has 1 aliphatic carbocycles. The van der Waals surface area contributed by atoms with Gasteiger partial charge in [-0.1, -0.05) is 85.5 Å². The van der Waals surface area contributed by atoms with Crippen LogP contribution in [0.3, 0.4) is 0 Å². The number of benzene rings is 3. The summed E-state index contributed by atoms with van der Waals surface area (Å²) >= 11 is 6.49. The van der Waals surface area contributed by atoms with E-state index in [1.807, 2.05) is 30.3 Å². The van der Waals surface area contributed by atoms with Crippen molar-refractivity contribution in [2.75, 3.05) is 17.1 Å². The lowest BCUT2D eigenvalue weighted by Gasteiger charge is -2.34. The molecule has 4 rings (SSSR count). The molecule has 0 aliphatic heterocycles. The Labute approximate surface area is 273 Å². The Balaban J connectivity index is 1.60. The van der Waals surface area contributed by atoms with Crippen LogP contribution in [-0.2, 0) is 38.8 Å². The zero-order valence-corrected chi connectivity index (χ0v) is 27.3. The van der Waals surface area contributed by atoms with Gasteiger partial charge < -0.3 is 10.2 Å². The summed E-state index contributed by atoms with van der Waals surface area (Å²) in [6, 6.07) is 19.6. The van der Waals surface area contributed by atoms with E-state index in [1.165, 1.54) is 11.0 Å². The van der Waals surface area contributed by atoms with Crippen LogP contribution < -0.4 is 9.62 Å². The minimum Gasteiger partial charge on any atom is -0.352 e.